The van der Waals surface area contributed by atoms with Gasteiger partial charge in [0.25, 0.3) is 0 Å². The first-order chi connectivity index (χ1) is 7.99. The number of nitrogens with one attached hydrogen (secondary N) is 1. The van der Waals surface area contributed by atoms with Crippen molar-refractivity contribution in [3.63, 3.8) is 0 Å². The Morgan fingerprint density at radius 2 is 2.18 bits per heavy atom. The molecule has 0 atom stereocenters. The van der Waals surface area contributed by atoms with Crippen LogP contribution in [0.3, 0.4) is 0 Å². The smallest absolute Gasteiger partial charge is 0.222 e. The average Bonchev–Trinajstić information content (AvgIpc) is 2.20. The van der Waals surface area contributed by atoms with Gasteiger partial charge in [0.15, 0.2) is 0 Å². The second-order valence-electron chi connectivity index (χ2n) is 3.63. The number of hydrogen-bond acceptors (Lipinski definition) is 3. The van der Waals surface area contributed by atoms with Crippen LogP contribution in [0.15, 0.2) is 18.2 Å². The monoisotopic (exact) mass is 233 g/mol. The standard InChI is InChI=1S/C12H15N3O2/c1-8-10(4-3-5-11(13)17)6-7-12(14-8)15-9(2)16/h3-4,6-7H,5H2,1-2H3,(H2,13,17)(H,14,15,16). The fraction of sp³-hybridized carbons (Fsp3) is 0.250. The number of amides is 2. The second-order valence-corrected chi connectivity index (χ2v) is 3.63. The Morgan fingerprint density at radius 3 is 2.71 bits per heavy atom. The van der Waals surface area contributed by atoms with E-state index in [0.717, 1.165) is 11.3 Å². The zero-order chi connectivity index (χ0) is 12.8. The number of carbonyl (C=O) groups excluding carboxylic acids is 2. The van der Waals surface area contributed by atoms with Crippen LogP contribution in [-0.4, -0.2) is 16.8 Å². The van der Waals surface area contributed by atoms with Crippen LogP contribution >= 0.6 is 0 Å². The van der Waals surface area contributed by atoms with Crippen molar-refractivity contribution >= 4 is 23.7 Å². The van der Waals surface area contributed by atoms with Crippen LogP contribution in [-0.2, 0) is 9.59 Å². The molecule has 0 aliphatic rings. The lowest BCUT2D eigenvalue weighted by Crippen LogP contribution is -2.08. The first-order valence-electron chi connectivity index (χ1n) is 5.19. The Balaban J connectivity index is 2.79. The van der Waals surface area contributed by atoms with Gasteiger partial charge in [-0.15, -0.1) is 0 Å². The molecule has 0 aliphatic carbocycles. The summed E-state index contributed by atoms with van der Waals surface area (Å²) in [6, 6.07) is 3.53. The molecule has 0 fully saturated rings. The summed E-state index contributed by atoms with van der Waals surface area (Å²) < 4.78 is 0. The van der Waals surface area contributed by atoms with Gasteiger partial charge in [0.1, 0.15) is 5.82 Å². The third-order valence-corrected chi connectivity index (χ3v) is 2.05. The van der Waals surface area contributed by atoms with Gasteiger partial charge in [-0.1, -0.05) is 12.2 Å². The van der Waals surface area contributed by atoms with Crippen LogP contribution in [0.1, 0.15) is 24.6 Å². The second kappa shape index (κ2) is 5.79. The van der Waals surface area contributed by atoms with E-state index in [1.807, 2.05) is 13.0 Å². The minimum atomic E-state index is -0.373. The van der Waals surface area contributed by atoms with Crippen molar-refractivity contribution in [3.05, 3.63) is 29.5 Å². The molecule has 5 heteroatoms. The van der Waals surface area contributed by atoms with E-state index in [9.17, 15) is 9.59 Å². The Kier molecular flexibility index (Phi) is 4.39. The molecule has 5 nitrogen and oxygen atoms in total. The van der Waals surface area contributed by atoms with Crippen molar-refractivity contribution in [2.24, 2.45) is 5.73 Å². The number of rotatable bonds is 4. The molecular weight excluding hydrogens is 218 g/mol. The summed E-state index contributed by atoms with van der Waals surface area (Å²) in [5.41, 5.74) is 6.68. The molecule has 0 aromatic carbocycles. The van der Waals surface area contributed by atoms with Crippen molar-refractivity contribution in [1.82, 2.24) is 4.98 Å². The van der Waals surface area contributed by atoms with Gasteiger partial charge in [0.2, 0.25) is 11.8 Å². The number of hydrogen-bond donors (Lipinski definition) is 2. The summed E-state index contributed by atoms with van der Waals surface area (Å²) in [6.07, 6.45) is 3.67. The highest BCUT2D eigenvalue weighted by molar-refractivity contribution is 5.87. The SMILES string of the molecule is CC(=O)Nc1ccc(C=CCC(N)=O)c(C)n1. The van der Waals surface area contributed by atoms with E-state index in [-0.39, 0.29) is 18.2 Å². The third kappa shape index (κ3) is 4.46. The highest BCUT2D eigenvalue weighted by atomic mass is 16.1. The van der Waals surface area contributed by atoms with Crippen LogP contribution < -0.4 is 11.1 Å². The molecule has 2 amide bonds. The lowest BCUT2D eigenvalue weighted by atomic mass is 10.2. The first kappa shape index (κ1) is 12.9. The number of aryl methyl sites for hydroxylation is 1. The van der Waals surface area contributed by atoms with Gasteiger partial charge in [-0.05, 0) is 24.6 Å². The molecule has 0 unspecified atom stereocenters. The molecule has 17 heavy (non-hydrogen) atoms. The molecule has 1 heterocycles. The summed E-state index contributed by atoms with van der Waals surface area (Å²) in [7, 11) is 0. The van der Waals surface area contributed by atoms with E-state index in [2.05, 4.69) is 10.3 Å². The Bertz CT molecular complexity index is 467. The van der Waals surface area contributed by atoms with E-state index in [0.29, 0.717) is 5.82 Å². The van der Waals surface area contributed by atoms with Gasteiger partial charge in [-0.25, -0.2) is 4.98 Å². The summed E-state index contributed by atoms with van der Waals surface area (Å²) in [5.74, 6) is -0.0160. The van der Waals surface area contributed by atoms with Gasteiger partial charge < -0.3 is 11.1 Å². The number of carbonyl (C=O) groups is 2. The molecular formula is C12H15N3O2. The zero-order valence-corrected chi connectivity index (χ0v) is 9.86. The summed E-state index contributed by atoms with van der Waals surface area (Å²) in [4.78, 5) is 25.6. The van der Waals surface area contributed by atoms with Gasteiger partial charge in [-0.2, -0.15) is 0 Å². The maximum Gasteiger partial charge on any atom is 0.222 e. The highest BCUT2D eigenvalue weighted by Crippen LogP contribution is 2.12. The Hall–Kier alpha value is -2.17. The molecule has 0 radical (unpaired) electrons. The van der Waals surface area contributed by atoms with Crippen molar-refractivity contribution in [2.75, 3.05) is 5.32 Å². The normalized spacial score (nSPS) is 10.5. The van der Waals surface area contributed by atoms with Crippen molar-refractivity contribution in [1.29, 1.82) is 0 Å². The van der Waals surface area contributed by atoms with Crippen LogP contribution in [0.5, 0.6) is 0 Å². The number of aromatic nitrogens is 1. The van der Waals surface area contributed by atoms with Gasteiger partial charge in [0.05, 0.1) is 0 Å². The molecule has 90 valence electrons. The van der Waals surface area contributed by atoms with E-state index in [4.69, 9.17) is 5.73 Å². The maximum absolute atomic E-state index is 10.8. The molecule has 1 aromatic rings. The minimum Gasteiger partial charge on any atom is -0.369 e. The maximum atomic E-state index is 10.8. The molecule has 1 rings (SSSR count). The van der Waals surface area contributed by atoms with Gasteiger partial charge in [0, 0.05) is 19.0 Å². The van der Waals surface area contributed by atoms with Crippen LogP contribution in [0.25, 0.3) is 6.08 Å². The van der Waals surface area contributed by atoms with Gasteiger partial charge >= 0.3 is 0 Å². The molecule has 0 bridgehead atoms. The summed E-state index contributed by atoms with van der Waals surface area (Å²) in [6.45, 7) is 3.26. The molecule has 1 aromatic heterocycles. The Labute approximate surface area is 99.7 Å². The number of nitrogens with zero attached hydrogens (tertiary/aromatic N) is 1. The molecule has 0 aliphatic heterocycles. The molecule has 0 saturated heterocycles. The van der Waals surface area contributed by atoms with Gasteiger partial charge in [-0.3, -0.25) is 9.59 Å². The summed E-state index contributed by atoms with van der Waals surface area (Å²) in [5, 5.41) is 2.60. The minimum absolute atomic E-state index is 0.158. The molecule has 0 spiro atoms. The van der Waals surface area contributed by atoms with Crippen molar-refractivity contribution in [3.8, 4) is 0 Å². The predicted molar refractivity (Wildman–Crippen MR) is 66.1 cm³/mol. The fourth-order valence-corrected chi connectivity index (χ4v) is 1.30. The van der Waals surface area contributed by atoms with Crippen LogP contribution in [0, 0.1) is 6.92 Å². The largest absolute Gasteiger partial charge is 0.369 e. The average molecular weight is 233 g/mol. The van der Waals surface area contributed by atoms with Crippen molar-refractivity contribution in [2.45, 2.75) is 20.3 Å². The lowest BCUT2D eigenvalue weighted by molar-refractivity contribution is -0.117. The summed E-state index contributed by atoms with van der Waals surface area (Å²) >= 11 is 0. The number of anilines is 1. The fourth-order valence-electron chi connectivity index (χ4n) is 1.30. The van der Waals surface area contributed by atoms with E-state index in [1.165, 1.54) is 6.92 Å². The predicted octanol–water partition coefficient (Wildman–Crippen LogP) is 1.24. The quantitative estimate of drug-likeness (QED) is 0.820. The van der Waals surface area contributed by atoms with E-state index in [1.54, 1.807) is 18.2 Å². The van der Waals surface area contributed by atoms with E-state index >= 15 is 0 Å². The molecule has 3 N–H and O–H groups in total. The van der Waals surface area contributed by atoms with Crippen LogP contribution in [0.4, 0.5) is 5.82 Å². The first-order valence-corrected chi connectivity index (χ1v) is 5.19. The van der Waals surface area contributed by atoms with Crippen molar-refractivity contribution < 1.29 is 9.59 Å². The number of pyridine rings is 1. The lowest BCUT2D eigenvalue weighted by Gasteiger charge is -2.04. The molecule has 0 saturated carbocycles. The topological polar surface area (TPSA) is 85.1 Å². The number of nitrogens with two attached hydrogens (primary N) is 1. The van der Waals surface area contributed by atoms with Crippen LogP contribution in [0.2, 0.25) is 0 Å². The highest BCUT2D eigenvalue weighted by Gasteiger charge is 2.00. The zero-order valence-electron chi connectivity index (χ0n) is 9.86. The van der Waals surface area contributed by atoms with E-state index < -0.39 is 0 Å². The number of primary amides is 1. The third-order valence-electron chi connectivity index (χ3n) is 2.05. The Morgan fingerprint density at radius 1 is 1.47 bits per heavy atom.